The van der Waals surface area contributed by atoms with Crippen LogP contribution in [0, 0.1) is 5.92 Å². The van der Waals surface area contributed by atoms with Crippen LogP contribution in [0.1, 0.15) is 44.6 Å². The fourth-order valence-electron chi connectivity index (χ4n) is 4.53. The lowest BCUT2D eigenvalue weighted by Crippen LogP contribution is -2.44. The van der Waals surface area contributed by atoms with Gasteiger partial charge in [-0.25, -0.2) is 4.79 Å². The van der Waals surface area contributed by atoms with E-state index in [1.54, 1.807) is 6.92 Å². The largest absolute Gasteiger partial charge is 0.354 e. The van der Waals surface area contributed by atoms with Gasteiger partial charge in [-0.3, -0.25) is 14.5 Å². The van der Waals surface area contributed by atoms with E-state index in [2.05, 4.69) is 10.6 Å². The van der Waals surface area contributed by atoms with Crippen molar-refractivity contribution in [1.29, 1.82) is 0 Å². The zero-order valence-electron chi connectivity index (χ0n) is 16.7. The van der Waals surface area contributed by atoms with Gasteiger partial charge in [0.1, 0.15) is 12.1 Å². The van der Waals surface area contributed by atoms with Crippen molar-refractivity contribution in [1.82, 2.24) is 15.5 Å². The van der Waals surface area contributed by atoms with Crippen molar-refractivity contribution in [3.63, 3.8) is 0 Å². The summed E-state index contributed by atoms with van der Waals surface area (Å²) >= 11 is 0. The van der Waals surface area contributed by atoms with Gasteiger partial charge in [0.2, 0.25) is 5.91 Å². The van der Waals surface area contributed by atoms with E-state index in [9.17, 15) is 14.4 Å². The van der Waals surface area contributed by atoms with Crippen LogP contribution in [0.2, 0.25) is 0 Å². The molecule has 0 bridgehead atoms. The monoisotopic (exact) mass is 393 g/mol. The Morgan fingerprint density at radius 2 is 1.83 bits per heavy atom. The number of carbonyl (C=O) groups excluding carboxylic acids is 3. The minimum absolute atomic E-state index is 0.252. The summed E-state index contributed by atoms with van der Waals surface area (Å²) in [5.74, 6) is -0.190. The summed E-state index contributed by atoms with van der Waals surface area (Å²) in [7, 11) is 0. The van der Waals surface area contributed by atoms with Crippen LogP contribution in [0.3, 0.4) is 0 Å². The first kappa shape index (κ1) is 19.4. The normalized spacial score (nSPS) is 22.7. The second kappa shape index (κ2) is 7.85. The Morgan fingerprint density at radius 3 is 2.62 bits per heavy atom. The molecular weight excluding hydrogens is 366 g/mol. The molecule has 1 aliphatic heterocycles. The first-order valence-corrected chi connectivity index (χ1v) is 10.4. The number of benzene rings is 2. The number of nitrogens with zero attached hydrogens (tertiary/aromatic N) is 1. The molecule has 2 aromatic rings. The molecule has 152 valence electrons. The Hall–Kier alpha value is -2.89. The van der Waals surface area contributed by atoms with Gasteiger partial charge in [-0.2, -0.15) is 0 Å². The van der Waals surface area contributed by atoms with Crippen molar-refractivity contribution in [3.8, 4) is 0 Å². The molecule has 2 N–H and O–H groups in total. The number of hydrogen-bond acceptors (Lipinski definition) is 3. The van der Waals surface area contributed by atoms with Crippen molar-refractivity contribution in [2.75, 3.05) is 13.1 Å². The van der Waals surface area contributed by atoms with E-state index >= 15 is 0 Å². The van der Waals surface area contributed by atoms with Crippen molar-refractivity contribution in [2.45, 2.75) is 44.6 Å². The van der Waals surface area contributed by atoms with E-state index in [0.29, 0.717) is 12.5 Å². The molecule has 6 heteroatoms. The number of amides is 4. The molecule has 4 rings (SSSR count). The Morgan fingerprint density at radius 1 is 1.10 bits per heavy atom. The average molecular weight is 393 g/mol. The standard InChI is InChI=1S/C23H27N3O3/c1-23(19-13-7-11-17-10-5-6-12-18(17)19)21(28)26(22(29)25-23)15-20(27)24-14-16-8-3-2-4-9-16/h5-7,10-13,16H,2-4,8-9,14-15H2,1H3,(H,24,27)(H,25,29). The van der Waals surface area contributed by atoms with E-state index in [4.69, 9.17) is 0 Å². The molecule has 29 heavy (non-hydrogen) atoms. The molecular formula is C23H27N3O3. The maximum atomic E-state index is 13.2. The minimum Gasteiger partial charge on any atom is -0.354 e. The zero-order chi connectivity index (χ0) is 20.4. The van der Waals surface area contributed by atoms with Crippen LogP contribution in [0.5, 0.6) is 0 Å². The summed E-state index contributed by atoms with van der Waals surface area (Å²) in [5, 5.41) is 7.62. The predicted molar refractivity (Wildman–Crippen MR) is 111 cm³/mol. The topological polar surface area (TPSA) is 78.5 Å². The number of fused-ring (bicyclic) bond motifs is 1. The van der Waals surface area contributed by atoms with E-state index in [0.717, 1.165) is 34.1 Å². The highest BCUT2D eigenvalue weighted by atomic mass is 16.2. The molecule has 0 aromatic heterocycles. The number of imide groups is 1. The second-order valence-corrected chi connectivity index (χ2v) is 8.28. The Balaban J connectivity index is 1.48. The van der Waals surface area contributed by atoms with Gasteiger partial charge in [-0.15, -0.1) is 0 Å². The van der Waals surface area contributed by atoms with Crippen LogP contribution in [0.15, 0.2) is 42.5 Å². The van der Waals surface area contributed by atoms with Gasteiger partial charge in [-0.1, -0.05) is 61.7 Å². The van der Waals surface area contributed by atoms with Crippen LogP contribution >= 0.6 is 0 Å². The number of hydrogen-bond donors (Lipinski definition) is 2. The van der Waals surface area contributed by atoms with Crippen LogP contribution < -0.4 is 10.6 Å². The highest BCUT2D eigenvalue weighted by molar-refractivity contribution is 6.10. The summed E-state index contributed by atoms with van der Waals surface area (Å²) < 4.78 is 0. The van der Waals surface area contributed by atoms with Gasteiger partial charge in [0.15, 0.2) is 0 Å². The summed E-state index contributed by atoms with van der Waals surface area (Å²) in [5.41, 5.74) is -0.458. The van der Waals surface area contributed by atoms with Crippen LogP contribution in [0.25, 0.3) is 10.8 Å². The molecule has 6 nitrogen and oxygen atoms in total. The SMILES string of the molecule is CC1(c2cccc3ccccc23)NC(=O)N(CC(=O)NCC2CCCCC2)C1=O. The van der Waals surface area contributed by atoms with Gasteiger partial charge in [0.25, 0.3) is 5.91 Å². The Kier molecular flexibility index (Phi) is 5.26. The lowest BCUT2D eigenvalue weighted by Gasteiger charge is -2.24. The first-order valence-electron chi connectivity index (χ1n) is 10.4. The van der Waals surface area contributed by atoms with Crippen molar-refractivity contribution in [2.24, 2.45) is 5.92 Å². The van der Waals surface area contributed by atoms with E-state index < -0.39 is 17.5 Å². The van der Waals surface area contributed by atoms with Crippen LogP contribution in [0.4, 0.5) is 4.79 Å². The number of urea groups is 1. The second-order valence-electron chi connectivity index (χ2n) is 8.28. The van der Waals surface area contributed by atoms with Crippen molar-refractivity contribution in [3.05, 3.63) is 48.0 Å². The van der Waals surface area contributed by atoms with Gasteiger partial charge < -0.3 is 10.6 Å². The molecule has 1 atom stereocenters. The third kappa shape index (κ3) is 3.71. The summed E-state index contributed by atoms with van der Waals surface area (Å²) in [6, 6.07) is 12.9. The molecule has 1 heterocycles. The third-order valence-electron chi connectivity index (χ3n) is 6.22. The molecule has 0 spiro atoms. The Bertz CT molecular complexity index is 946. The molecule has 4 amide bonds. The predicted octanol–water partition coefficient (Wildman–Crippen LogP) is 3.30. The lowest BCUT2D eigenvalue weighted by molar-refractivity contribution is -0.134. The smallest absolute Gasteiger partial charge is 0.325 e. The van der Waals surface area contributed by atoms with Gasteiger partial charge in [-0.05, 0) is 42.0 Å². The van der Waals surface area contributed by atoms with Gasteiger partial charge in [0.05, 0.1) is 0 Å². The van der Waals surface area contributed by atoms with E-state index in [1.165, 1.54) is 19.3 Å². The fraction of sp³-hybridized carbons (Fsp3) is 0.435. The molecule has 2 aromatic carbocycles. The molecule has 0 radical (unpaired) electrons. The molecule has 1 saturated carbocycles. The van der Waals surface area contributed by atoms with Gasteiger partial charge in [0, 0.05) is 6.54 Å². The summed E-state index contributed by atoms with van der Waals surface area (Å²) in [4.78, 5) is 39.2. The average Bonchev–Trinajstić information content (AvgIpc) is 2.96. The van der Waals surface area contributed by atoms with Crippen molar-refractivity contribution >= 4 is 28.6 Å². The molecule has 2 aliphatic rings. The maximum Gasteiger partial charge on any atom is 0.325 e. The van der Waals surface area contributed by atoms with Gasteiger partial charge >= 0.3 is 6.03 Å². The van der Waals surface area contributed by atoms with E-state index in [1.807, 2.05) is 42.5 Å². The number of rotatable bonds is 5. The van der Waals surface area contributed by atoms with Crippen LogP contribution in [-0.2, 0) is 15.1 Å². The summed E-state index contributed by atoms with van der Waals surface area (Å²) in [6.07, 6.45) is 5.93. The molecule has 1 unspecified atom stereocenters. The lowest BCUT2D eigenvalue weighted by atomic mass is 9.88. The first-order chi connectivity index (χ1) is 14.0. The van der Waals surface area contributed by atoms with Crippen molar-refractivity contribution < 1.29 is 14.4 Å². The Labute approximate surface area is 170 Å². The maximum absolute atomic E-state index is 13.2. The number of carbonyl (C=O) groups is 3. The van der Waals surface area contributed by atoms with Crippen LogP contribution in [-0.4, -0.2) is 35.8 Å². The zero-order valence-corrected chi connectivity index (χ0v) is 16.7. The fourth-order valence-corrected chi connectivity index (χ4v) is 4.53. The molecule has 2 fully saturated rings. The highest BCUT2D eigenvalue weighted by Gasteiger charge is 2.50. The quantitative estimate of drug-likeness (QED) is 0.765. The highest BCUT2D eigenvalue weighted by Crippen LogP contribution is 2.33. The number of nitrogens with one attached hydrogen (secondary N) is 2. The van der Waals surface area contributed by atoms with E-state index in [-0.39, 0.29) is 12.5 Å². The molecule has 1 saturated heterocycles. The summed E-state index contributed by atoms with van der Waals surface area (Å²) in [6.45, 7) is 2.07. The minimum atomic E-state index is -1.19. The third-order valence-corrected chi connectivity index (χ3v) is 6.22. The molecule has 1 aliphatic carbocycles.